The van der Waals surface area contributed by atoms with E-state index in [1.165, 1.54) is 6.08 Å². The van der Waals surface area contributed by atoms with Crippen LogP contribution in [0.5, 0.6) is 5.75 Å². The average molecular weight is 355 g/mol. The second-order valence-corrected chi connectivity index (χ2v) is 5.73. The van der Waals surface area contributed by atoms with Gasteiger partial charge in [-0.25, -0.2) is 0 Å². The largest absolute Gasteiger partial charge is 0.485 e. The van der Waals surface area contributed by atoms with Gasteiger partial charge in [-0.3, -0.25) is 4.79 Å². The SMILES string of the molecule is Cc1nc(COc2ccc(/C=C/C(=O)c3cccc(Cl)c3)cc2)no1. The second-order valence-electron chi connectivity index (χ2n) is 5.30. The maximum atomic E-state index is 12.1. The molecule has 0 aliphatic heterocycles. The van der Waals surface area contributed by atoms with Crippen molar-refractivity contribution in [3.8, 4) is 5.75 Å². The Labute approximate surface area is 149 Å². The van der Waals surface area contributed by atoms with Crippen LogP contribution in [0, 0.1) is 6.92 Å². The van der Waals surface area contributed by atoms with Gasteiger partial charge in [0.2, 0.25) is 11.7 Å². The summed E-state index contributed by atoms with van der Waals surface area (Å²) in [5.74, 6) is 1.58. The maximum absolute atomic E-state index is 12.1. The fourth-order valence-electron chi connectivity index (χ4n) is 2.13. The van der Waals surface area contributed by atoms with E-state index in [9.17, 15) is 4.79 Å². The summed E-state index contributed by atoms with van der Waals surface area (Å²) in [7, 11) is 0. The molecule has 0 atom stereocenters. The molecule has 3 rings (SSSR count). The molecule has 0 saturated heterocycles. The number of benzene rings is 2. The Morgan fingerprint density at radius 3 is 2.72 bits per heavy atom. The Hall–Kier alpha value is -2.92. The fourth-order valence-corrected chi connectivity index (χ4v) is 2.32. The Morgan fingerprint density at radius 2 is 2.04 bits per heavy atom. The Morgan fingerprint density at radius 1 is 1.24 bits per heavy atom. The van der Waals surface area contributed by atoms with Crippen LogP contribution in [0.3, 0.4) is 0 Å². The van der Waals surface area contributed by atoms with Gasteiger partial charge in [0, 0.05) is 17.5 Å². The first-order chi connectivity index (χ1) is 12.1. The summed E-state index contributed by atoms with van der Waals surface area (Å²) >= 11 is 5.89. The van der Waals surface area contributed by atoms with E-state index in [0.717, 1.165) is 5.56 Å². The molecule has 5 nitrogen and oxygen atoms in total. The number of nitrogens with zero attached hydrogens (tertiary/aromatic N) is 2. The number of hydrogen-bond donors (Lipinski definition) is 0. The van der Waals surface area contributed by atoms with Gasteiger partial charge in [0.15, 0.2) is 12.4 Å². The third kappa shape index (κ3) is 4.78. The van der Waals surface area contributed by atoms with E-state index in [1.807, 2.05) is 24.3 Å². The molecule has 6 heteroatoms. The van der Waals surface area contributed by atoms with Crippen molar-refractivity contribution in [1.29, 1.82) is 0 Å². The van der Waals surface area contributed by atoms with E-state index in [2.05, 4.69) is 10.1 Å². The Balaban J connectivity index is 1.59. The van der Waals surface area contributed by atoms with Crippen LogP contribution in [0.15, 0.2) is 59.1 Å². The molecule has 0 N–H and O–H groups in total. The van der Waals surface area contributed by atoms with E-state index in [1.54, 1.807) is 37.3 Å². The minimum atomic E-state index is -0.102. The summed E-state index contributed by atoms with van der Waals surface area (Å²) < 4.78 is 10.5. The molecular formula is C19H15ClN2O3. The van der Waals surface area contributed by atoms with Gasteiger partial charge in [-0.1, -0.05) is 47.1 Å². The predicted octanol–water partition coefficient (Wildman–Crippen LogP) is 4.51. The Kier molecular flexibility index (Phi) is 5.26. The summed E-state index contributed by atoms with van der Waals surface area (Å²) in [6.07, 6.45) is 3.26. The molecule has 1 heterocycles. The number of ketones is 1. The zero-order valence-electron chi connectivity index (χ0n) is 13.5. The van der Waals surface area contributed by atoms with Gasteiger partial charge in [-0.15, -0.1) is 0 Å². The third-order valence-corrected chi connectivity index (χ3v) is 3.59. The quantitative estimate of drug-likeness (QED) is 0.481. The van der Waals surface area contributed by atoms with Crippen LogP contribution in [0.1, 0.15) is 27.6 Å². The van der Waals surface area contributed by atoms with E-state index in [0.29, 0.717) is 28.1 Å². The van der Waals surface area contributed by atoms with Crippen LogP contribution in [0.4, 0.5) is 0 Å². The number of carbonyl (C=O) groups is 1. The van der Waals surface area contributed by atoms with Crippen LogP contribution < -0.4 is 4.74 Å². The monoisotopic (exact) mass is 354 g/mol. The minimum Gasteiger partial charge on any atom is -0.485 e. The number of hydrogen-bond acceptors (Lipinski definition) is 5. The first kappa shape index (κ1) is 16.9. The number of ether oxygens (including phenoxy) is 1. The average Bonchev–Trinajstić information content (AvgIpc) is 3.04. The zero-order chi connectivity index (χ0) is 17.6. The molecule has 0 bridgehead atoms. The first-order valence-corrected chi connectivity index (χ1v) is 7.98. The molecule has 0 aliphatic rings. The molecule has 0 fully saturated rings. The molecule has 2 aromatic carbocycles. The van der Waals surface area contributed by atoms with Crippen molar-refractivity contribution in [1.82, 2.24) is 10.1 Å². The van der Waals surface area contributed by atoms with Gasteiger partial charge in [-0.05, 0) is 35.9 Å². The Bertz CT molecular complexity index is 901. The molecule has 1 aromatic heterocycles. The summed E-state index contributed by atoms with van der Waals surface area (Å²) in [5, 5.41) is 4.30. The lowest BCUT2D eigenvalue weighted by Crippen LogP contribution is -1.97. The van der Waals surface area contributed by atoms with E-state index in [-0.39, 0.29) is 12.4 Å². The molecule has 126 valence electrons. The third-order valence-electron chi connectivity index (χ3n) is 3.35. The molecule has 0 aliphatic carbocycles. The van der Waals surface area contributed by atoms with Crippen molar-refractivity contribution in [3.05, 3.63) is 82.5 Å². The van der Waals surface area contributed by atoms with Gasteiger partial charge in [0.25, 0.3) is 0 Å². The smallest absolute Gasteiger partial charge is 0.223 e. The van der Waals surface area contributed by atoms with Gasteiger partial charge in [0.05, 0.1) is 0 Å². The van der Waals surface area contributed by atoms with Crippen molar-refractivity contribution in [2.75, 3.05) is 0 Å². The van der Waals surface area contributed by atoms with Crippen molar-refractivity contribution in [2.45, 2.75) is 13.5 Å². The van der Waals surface area contributed by atoms with Crippen LogP contribution >= 0.6 is 11.6 Å². The lowest BCUT2D eigenvalue weighted by molar-refractivity contribution is 0.104. The minimum absolute atomic E-state index is 0.102. The van der Waals surface area contributed by atoms with Crippen LogP contribution in [-0.2, 0) is 6.61 Å². The molecule has 0 amide bonds. The molecule has 0 spiro atoms. The van der Waals surface area contributed by atoms with Gasteiger partial charge in [0.1, 0.15) is 5.75 Å². The molecule has 0 radical (unpaired) electrons. The standard InChI is InChI=1S/C19H15ClN2O3/c1-13-21-19(22-25-13)12-24-17-8-5-14(6-9-17)7-10-18(23)15-3-2-4-16(20)11-15/h2-11H,12H2,1H3/b10-7+. The highest BCUT2D eigenvalue weighted by molar-refractivity contribution is 6.31. The molecule has 3 aromatic rings. The summed E-state index contributed by atoms with van der Waals surface area (Å²) in [6.45, 7) is 1.96. The lowest BCUT2D eigenvalue weighted by atomic mass is 10.1. The van der Waals surface area contributed by atoms with Gasteiger partial charge < -0.3 is 9.26 Å². The predicted molar refractivity (Wildman–Crippen MR) is 94.6 cm³/mol. The number of carbonyl (C=O) groups excluding carboxylic acids is 1. The number of aromatic nitrogens is 2. The molecule has 25 heavy (non-hydrogen) atoms. The molecular weight excluding hydrogens is 340 g/mol. The van der Waals surface area contributed by atoms with Crippen molar-refractivity contribution >= 4 is 23.5 Å². The highest BCUT2D eigenvalue weighted by atomic mass is 35.5. The highest BCUT2D eigenvalue weighted by Crippen LogP contribution is 2.16. The van der Waals surface area contributed by atoms with Crippen LogP contribution in [0.2, 0.25) is 5.02 Å². The van der Waals surface area contributed by atoms with Gasteiger partial charge in [-0.2, -0.15) is 4.98 Å². The second kappa shape index (κ2) is 7.77. The molecule has 0 saturated carbocycles. The fraction of sp³-hybridized carbons (Fsp3) is 0.105. The van der Waals surface area contributed by atoms with E-state index >= 15 is 0 Å². The van der Waals surface area contributed by atoms with Crippen LogP contribution in [0.25, 0.3) is 6.08 Å². The summed E-state index contributed by atoms with van der Waals surface area (Å²) in [6, 6.07) is 14.2. The van der Waals surface area contributed by atoms with Crippen molar-refractivity contribution in [3.63, 3.8) is 0 Å². The number of rotatable bonds is 6. The summed E-state index contributed by atoms with van der Waals surface area (Å²) in [5.41, 5.74) is 1.44. The zero-order valence-corrected chi connectivity index (χ0v) is 14.2. The maximum Gasteiger partial charge on any atom is 0.223 e. The topological polar surface area (TPSA) is 65.2 Å². The van der Waals surface area contributed by atoms with Crippen molar-refractivity contribution in [2.24, 2.45) is 0 Å². The lowest BCUT2D eigenvalue weighted by Gasteiger charge is -2.03. The number of allylic oxidation sites excluding steroid dienone is 1. The summed E-state index contributed by atoms with van der Waals surface area (Å²) in [4.78, 5) is 16.2. The van der Waals surface area contributed by atoms with E-state index < -0.39 is 0 Å². The number of aryl methyl sites for hydroxylation is 1. The normalized spacial score (nSPS) is 11.0. The van der Waals surface area contributed by atoms with Gasteiger partial charge >= 0.3 is 0 Å². The highest BCUT2D eigenvalue weighted by Gasteiger charge is 2.04. The van der Waals surface area contributed by atoms with Crippen molar-refractivity contribution < 1.29 is 14.1 Å². The van der Waals surface area contributed by atoms with E-state index in [4.69, 9.17) is 20.9 Å². The number of halogens is 1. The molecule has 0 unspecified atom stereocenters. The first-order valence-electron chi connectivity index (χ1n) is 7.60. The van der Waals surface area contributed by atoms with Crippen LogP contribution in [-0.4, -0.2) is 15.9 Å².